The average molecular weight is 343 g/mol. The number of carboxylic acid groups (broad SMARTS) is 1. The van der Waals surface area contributed by atoms with Gasteiger partial charge in [0.2, 0.25) is 5.91 Å². The Bertz CT molecular complexity index is 580. The second-order valence-corrected chi connectivity index (χ2v) is 7.00. The van der Waals surface area contributed by atoms with Gasteiger partial charge < -0.3 is 10.0 Å². The lowest BCUT2D eigenvalue weighted by Crippen LogP contribution is -2.43. The Morgan fingerprint density at radius 2 is 2.30 bits per heavy atom. The second-order valence-electron chi connectivity index (χ2n) is 6.06. The van der Waals surface area contributed by atoms with E-state index in [0.717, 1.165) is 10.6 Å². The topological polar surface area (TPSA) is 73.7 Å². The molecule has 0 radical (unpaired) electrons. The number of hydrogen-bond donors (Lipinski definition) is 1. The number of likely N-dealkylation sites (N-methyl/N-ethyl adjacent to an activating group) is 1. The van der Waals surface area contributed by atoms with Crippen molar-refractivity contribution in [3.8, 4) is 0 Å². The van der Waals surface area contributed by atoms with Gasteiger partial charge in [0.25, 0.3) is 0 Å². The first kappa shape index (κ1) is 17.8. The molecule has 2 rings (SSSR count). The summed E-state index contributed by atoms with van der Waals surface area (Å²) in [6, 6.07) is -0.110. The predicted octanol–water partition coefficient (Wildman–Crippen LogP) is 1.54. The highest BCUT2D eigenvalue weighted by atomic mass is 32.1. The van der Waals surface area contributed by atoms with Crippen LogP contribution in [0.4, 0.5) is 4.39 Å². The fourth-order valence-electron chi connectivity index (χ4n) is 2.81. The number of thiazole rings is 1. The van der Waals surface area contributed by atoms with Gasteiger partial charge in [-0.2, -0.15) is 0 Å². The minimum atomic E-state index is -1.14. The van der Waals surface area contributed by atoms with E-state index in [0.29, 0.717) is 26.1 Å². The van der Waals surface area contributed by atoms with Gasteiger partial charge in [0.1, 0.15) is 12.1 Å². The van der Waals surface area contributed by atoms with Crippen LogP contribution in [0.2, 0.25) is 0 Å². The van der Waals surface area contributed by atoms with E-state index in [4.69, 9.17) is 5.11 Å². The van der Waals surface area contributed by atoms with Crippen LogP contribution in [0.15, 0.2) is 5.51 Å². The maximum Gasteiger partial charge on any atom is 0.315 e. The van der Waals surface area contributed by atoms with Crippen LogP contribution in [0.3, 0.4) is 0 Å². The molecule has 0 saturated carbocycles. The van der Waals surface area contributed by atoms with Crippen molar-refractivity contribution in [2.24, 2.45) is 5.92 Å². The molecule has 8 heteroatoms. The summed E-state index contributed by atoms with van der Waals surface area (Å²) in [7, 11) is 1.57. The van der Waals surface area contributed by atoms with Gasteiger partial charge in [-0.15, -0.1) is 11.3 Å². The van der Waals surface area contributed by atoms with Crippen molar-refractivity contribution in [1.82, 2.24) is 14.8 Å². The zero-order chi connectivity index (χ0) is 17.1. The molecule has 0 bridgehead atoms. The largest absolute Gasteiger partial charge is 0.481 e. The lowest BCUT2D eigenvalue weighted by Gasteiger charge is -2.29. The quantitative estimate of drug-likeness (QED) is 0.793. The number of carbonyl (C=O) groups excluding carboxylic acids is 1. The molecule has 1 amide bonds. The third-order valence-electron chi connectivity index (χ3n) is 4.27. The fourth-order valence-corrected chi connectivity index (χ4v) is 3.61. The number of likely N-dealkylation sites (tertiary alicyclic amines) is 1. The number of carbonyl (C=O) groups is 2. The van der Waals surface area contributed by atoms with E-state index in [1.807, 2.05) is 11.8 Å². The summed E-state index contributed by atoms with van der Waals surface area (Å²) in [4.78, 5) is 31.7. The van der Waals surface area contributed by atoms with Crippen molar-refractivity contribution < 1.29 is 19.1 Å². The molecule has 23 heavy (non-hydrogen) atoms. The van der Waals surface area contributed by atoms with E-state index < -0.39 is 24.0 Å². The number of hydrogen-bond acceptors (Lipinski definition) is 5. The van der Waals surface area contributed by atoms with Gasteiger partial charge in [0.05, 0.1) is 11.2 Å². The van der Waals surface area contributed by atoms with Crippen LogP contribution in [0.25, 0.3) is 0 Å². The van der Waals surface area contributed by atoms with Gasteiger partial charge in [-0.05, 0) is 20.3 Å². The highest BCUT2D eigenvalue weighted by Crippen LogP contribution is 2.25. The van der Waals surface area contributed by atoms with Gasteiger partial charge >= 0.3 is 5.97 Å². The zero-order valence-corrected chi connectivity index (χ0v) is 14.3. The third-order valence-corrected chi connectivity index (χ3v) is 5.19. The van der Waals surface area contributed by atoms with Crippen molar-refractivity contribution in [3.63, 3.8) is 0 Å². The van der Waals surface area contributed by atoms with E-state index >= 15 is 0 Å². The lowest BCUT2D eigenvalue weighted by molar-refractivity contribution is -0.150. The molecule has 1 aromatic rings. The summed E-state index contributed by atoms with van der Waals surface area (Å²) >= 11 is 1.54. The summed E-state index contributed by atoms with van der Waals surface area (Å²) in [5.41, 5.74) is 2.72. The standard InChI is InChI=1S/C15H22FN3O3S/c1-9(15(21)22)14(20)18(3)6-12-4-11(16)5-19(12)7-13-10(2)17-8-23-13/h8-9,11-12H,4-7H2,1-3H3,(H,21,22)/t9?,11-,12-/m0/s1. The molecule has 3 atom stereocenters. The van der Waals surface area contributed by atoms with Crippen molar-refractivity contribution in [2.75, 3.05) is 20.1 Å². The van der Waals surface area contributed by atoms with Crippen LogP contribution >= 0.6 is 11.3 Å². The number of rotatable bonds is 6. The maximum atomic E-state index is 13.8. The highest BCUT2D eigenvalue weighted by molar-refractivity contribution is 7.09. The predicted molar refractivity (Wildman–Crippen MR) is 85.0 cm³/mol. The van der Waals surface area contributed by atoms with Gasteiger partial charge in [-0.3, -0.25) is 14.5 Å². The van der Waals surface area contributed by atoms with Gasteiger partial charge in [-0.25, -0.2) is 9.37 Å². The molecule has 1 aliphatic heterocycles. The minimum absolute atomic E-state index is 0.110. The number of aliphatic carboxylic acids is 1. The van der Waals surface area contributed by atoms with E-state index in [-0.39, 0.29) is 6.04 Å². The number of nitrogens with zero attached hydrogens (tertiary/aromatic N) is 3. The molecule has 0 aliphatic carbocycles. The van der Waals surface area contributed by atoms with E-state index in [1.165, 1.54) is 11.8 Å². The van der Waals surface area contributed by atoms with Crippen LogP contribution < -0.4 is 0 Å². The first-order chi connectivity index (χ1) is 10.8. The van der Waals surface area contributed by atoms with Crippen LogP contribution in [0, 0.1) is 12.8 Å². The molecular formula is C15H22FN3O3S. The van der Waals surface area contributed by atoms with Crippen LogP contribution in [-0.4, -0.2) is 64.1 Å². The highest BCUT2D eigenvalue weighted by Gasteiger charge is 2.35. The Kier molecular flexibility index (Phi) is 5.69. The summed E-state index contributed by atoms with van der Waals surface area (Å²) in [5, 5.41) is 8.93. The fraction of sp³-hybridized carbons (Fsp3) is 0.667. The molecule has 0 spiro atoms. The molecule has 1 saturated heterocycles. The number of aromatic nitrogens is 1. The van der Waals surface area contributed by atoms with Crippen LogP contribution in [0.5, 0.6) is 0 Å². The SMILES string of the molecule is Cc1ncsc1CN1C[C@@H](F)C[C@H]1CN(C)C(=O)C(C)C(=O)O. The molecule has 2 heterocycles. The van der Waals surface area contributed by atoms with Crippen molar-refractivity contribution in [1.29, 1.82) is 0 Å². The summed E-state index contributed by atoms with van der Waals surface area (Å²) in [5.74, 6) is -2.68. The smallest absolute Gasteiger partial charge is 0.315 e. The minimum Gasteiger partial charge on any atom is -0.481 e. The number of halogens is 1. The van der Waals surface area contributed by atoms with Gasteiger partial charge in [-0.1, -0.05) is 0 Å². The zero-order valence-electron chi connectivity index (χ0n) is 13.5. The molecule has 1 unspecified atom stereocenters. The Morgan fingerprint density at radius 1 is 1.61 bits per heavy atom. The average Bonchev–Trinajstić information content (AvgIpc) is 3.04. The Labute approximate surface area is 138 Å². The molecule has 1 fully saturated rings. The molecule has 6 nitrogen and oxygen atoms in total. The first-order valence-electron chi connectivity index (χ1n) is 7.54. The third kappa shape index (κ3) is 4.26. The van der Waals surface area contributed by atoms with Gasteiger partial charge in [0, 0.05) is 37.6 Å². The molecule has 1 aromatic heterocycles. The van der Waals surface area contributed by atoms with Crippen molar-refractivity contribution >= 4 is 23.2 Å². The molecule has 1 aliphatic rings. The summed E-state index contributed by atoms with van der Waals surface area (Å²) < 4.78 is 13.8. The number of amides is 1. The molecule has 128 valence electrons. The summed E-state index contributed by atoms with van der Waals surface area (Å²) in [6.07, 6.45) is -0.565. The van der Waals surface area contributed by atoms with Crippen LogP contribution in [-0.2, 0) is 16.1 Å². The normalized spacial score (nSPS) is 23.0. The molecule has 1 N–H and O–H groups in total. The number of alkyl halides is 1. The molecule has 0 aromatic carbocycles. The van der Waals surface area contributed by atoms with Crippen LogP contribution in [0.1, 0.15) is 23.9 Å². The van der Waals surface area contributed by atoms with E-state index in [1.54, 1.807) is 23.9 Å². The maximum absolute atomic E-state index is 13.8. The summed E-state index contributed by atoms with van der Waals surface area (Å²) in [6.45, 7) is 4.56. The van der Waals surface area contributed by atoms with Crippen molar-refractivity contribution in [2.45, 2.75) is 39.0 Å². The lowest BCUT2D eigenvalue weighted by atomic mass is 10.1. The Morgan fingerprint density at radius 3 is 2.87 bits per heavy atom. The van der Waals surface area contributed by atoms with Crippen molar-refractivity contribution in [3.05, 3.63) is 16.1 Å². The second kappa shape index (κ2) is 7.35. The van der Waals surface area contributed by atoms with Gasteiger partial charge in [0.15, 0.2) is 0 Å². The Balaban J connectivity index is 2.00. The van der Waals surface area contributed by atoms with E-state index in [9.17, 15) is 14.0 Å². The van der Waals surface area contributed by atoms with E-state index in [2.05, 4.69) is 4.98 Å². The Hall–Kier alpha value is -1.54. The number of aryl methyl sites for hydroxylation is 1. The monoisotopic (exact) mass is 343 g/mol. The molecular weight excluding hydrogens is 321 g/mol. The number of carboxylic acids is 1. The first-order valence-corrected chi connectivity index (χ1v) is 8.42.